The minimum atomic E-state index is -0.603. The van der Waals surface area contributed by atoms with Gasteiger partial charge in [0.25, 0.3) is 0 Å². The molecule has 1 fully saturated rings. The summed E-state index contributed by atoms with van der Waals surface area (Å²) in [6, 6.07) is 5.09. The van der Waals surface area contributed by atoms with Crippen LogP contribution in [-0.2, 0) is 0 Å². The van der Waals surface area contributed by atoms with Crippen molar-refractivity contribution in [1.29, 1.82) is 0 Å². The molecule has 3 heteroatoms. The van der Waals surface area contributed by atoms with Gasteiger partial charge in [-0.15, -0.1) is 11.8 Å². The van der Waals surface area contributed by atoms with Crippen LogP contribution in [0.25, 0.3) is 0 Å². The van der Waals surface area contributed by atoms with E-state index in [-0.39, 0.29) is 5.82 Å². The summed E-state index contributed by atoms with van der Waals surface area (Å²) >= 11 is 1.66. The second-order valence-corrected chi connectivity index (χ2v) is 6.72. The van der Waals surface area contributed by atoms with Gasteiger partial charge in [-0.3, -0.25) is 0 Å². The second-order valence-electron chi connectivity index (χ2n) is 5.38. The highest BCUT2D eigenvalue weighted by molar-refractivity contribution is 8.00. The molecule has 0 radical (unpaired) electrons. The fourth-order valence-electron chi connectivity index (χ4n) is 2.54. The first-order chi connectivity index (χ1) is 8.56. The van der Waals surface area contributed by atoms with Crippen molar-refractivity contribution in [1.82, 2.24) is 0 Å². The van der Waals surface area contributed by atoms with Gasteiger partial charge in [-0.2, -0.15) is 0 Å². The summed E-state index contributed by atoms with van der Waals surface area (Å²) in [6.45, 7) is 3.93. The summed E-state index contributed by atoms with van der Waals surface area (Å²) in [7, 11) is 0. The van der Waals surface area contributed by atoms with Crippen LogP contribution >= 0.6 is 11.8 Å². The molecule has 1 aliphatic rings. The van der Waals surface area contributed by atoms with Crippen LogP contribution in [-0.4, -0.2) is 10.4 Å². The predicted octanol–water partition coefficient (Wildman–Crippen LogP) is 4.55. The molecule has 0 heterocycles. The summed E-state index contributed by atoms with van der Waals surface area (Å²) in [4.78, 5) is 0.721. The van der Waals surface area contributed by atoms with Gasteiger partial charge in [0.05, 0.1) is 6.10 Å². The lowest BCUT2D eigenvalue weighted by atomic mass is 9.91. The van der Waals surface area contributed by atoms with E-state index >= 15 is 0 Å². The summed E-state index contributed by atoms with van der Waals surface area (Å²) in [5.74, 6) is 0.563. The molecular weight excluding hydrogens is 247 g/mol. The zero-order chi connectivity index (χ0) is 13.1. The average Bonchev–Trinajstić information content (AvgIpc) is 2.31. The van der Waals surface area contributed by atoms with E-state index < -0.39 is 6.10 Å². The first kappa shape index (κ1) is 13.9. The number of thioether (sulfide) groups is 1. The van der Waals surface area contributed by atoms with E-state index in [9.17, 15) is 9.50 Å². The molecule has 18 heavy (non-hydrogen) atoms. The minimum absolute atomic E-state index is 0.198. The van der Waals surface area contributed by atoms with E-state index in [2.05, 4.69) is 6.92 Å². The Bertz CT molecular complexity index is 405. The molecule has 0 aromatic heterocycles. The summed E-state index contributed by atoms with van der Waals surface area (Å²) in [5, 5.41) is 9.96. The Kier molecular flexibility index (Phi) is 4.68. The molecule has 0 aliphatic heterocycles. The maximum Gasteiger partial charge on any atom is 0.137 e. The van der Waals surface area contributed by atoms with Crippen molar-refractivity contribution in [2.75, 3.05) is 0 Å². The fraction of sp³-hybridized carbons (Fsp3) is 0.600. The van der Waals surface area contributed by atoms with E-state index in [1.165, 1.54) is 31.7 Å². The number of hydrogen-bond acceptors (Lipinski definition) is 2. The van der Waals surface area contributed by atoms with Gasteiger partial charge in [-0.1, -0.05) is 25.8 Å². The lowest BCUT2D eigenvalue weighted by Crippen LogP contribution is -2.15. The van der Waals surface area contributed by atoms with Gasteiger partial charge in [-0.05, 0) is 43.4 Å². The van der Waals surface area contributed by atoms with Crippen LogP contribution in [0.2, 0.25) is 0 Å². The first-order valence-corrected chi connectivity index (χ1v) is 7.58. The van der Waals surface area contributed by atoms with Crippen molar-refractivity contribution in [3.05, 3.63) is 29.6 Å². The molecular formula is C15H21FOS. The number of aliphatic hydroxyl groups is 1. The van der Waals surface area contributed by atoms with Crippen molar-refractivity contribution in [2.45, 2.75) is 55.8 Å². The highest BCUT2D eigenvalue weighted by Gasteiger charge is 2.21. The monoisotopic (exact) mass is 268 g/mol. The summed E-state index contributed by atoms with van der Waals surface area (Å²) in [5.41, 5.74) is 0.647. The zero-order valence-electron chi connectivity index (χ0n) is 11.0. The van der Waals surface area contributed by atoms with Gasteiger partial charge in [0.2, 0.25) is 0 Å². The Balaban J connectivity index is 2.05. The second kappa shape index (κ2) is 6.07. The molecule has 1 aliphatic carbocycles. The van der Waals surface area contributed by atoms with Gasteiger partial charge in [0, 0.05) is 10.1 Å². The van der Waals surface area contributed by atoms with E-state index in [4.69, 9.17) is 0 Å². The molecule has 0 bridgehead atoms. The molecule has 1 nitrogen and oxygen atoms in total. The molecule has 100 valence electrons. The predicted molar refractivity (Wildman–Crippen MR) is 74.3 cm³/mol. The van der Waals surface area contributed by atoms with Crippen molar-refractivity contribution >= 4 is 11.8 Å². The molecule has 1 aromatic rings. The van der Waals surface area contributed by atoms with E-state index in [1.807, 2.05) is 6.07 Å². The van der Waals surface area contributed by atoms with Crippen molar-refractivity contribution in [3.63, 3.8) is 0 Å². The molecule has 2 rings (SSSR count). The average molecular weight is 268 g/mol. The molecule has 0 spiro atoms. The molecule has 3 atom stereocenters. The van der Waals surface area contributed by atoms with Gasteiger partial charge in [0.15, 0.2) is 0 Å². The Hall–Kier alpha value is -0.540. The zero-order valence-corrected chi connectivity index (χ0v) is 11.8. The topological polar surface area (TPSA) is 20.2 Å². The van der Waals surface area contributed by atoms with E-state index in [1.54, 1.807) is 24.8 Å². The third-order valence-corrected chi connectivity index (χ3v) is 4.97. The number of hydrogen-bond donors (Lipinski definition) is 1. The smallest absolute Gasteiger partial charge is 0.137 e. The number of benzene rings is 1. The first-order valence-electron chi connectivity index (χ1n) is 6.70. The van der Waals surface area contributed by atoms with Crippen molar-refractivity contribution in [2.24, 2.45) is 5.92 Å². The molecule has 1 aromatic carbocycles. The van der Waals surface area contributed by atoms with Gasteiger partial charge >= 0.3 is 0 Å². The maximum atomic E-state index is 13.9. The van der Waals surface area contributed by atoms with Crippen LogP contribution in [0.15, 0.2) is 23.1 Å². The standard InChI is InChI=1S/C15H21FOS/c1-10-4-3-5-13(8-10)18-15-7-6-12(11(2)17)9-14(15)16/h6-7,9-11,13,17H,3-5,8H2,1-2H3. The lowest BCUT2D eigenvalue weighted by Gasteiger charge is -2.26. The van der Waals surface area contributed by atoms with Crippen LogP contribution in [0.1, 0.15) is 51.2 Å². The Morgan fingerprint density at radius 2 is 2.17 bits per heavy atom. The van der Waals surface area contributed by atoms with Crippen LogP contribution in [0.5, 0.6) is 0 Å². The van der Waals surface area contributed by atoms with E-state index in [0.29, 0.717) is 10.8 Å². The van der Waals surface area contributed by atoms with Crippen LogP contribution in [0.4, 0.5) is 4.39 Å². The highest BCUT2D eigenvalue weighted by Crippen LogP contribution is 2.37. The molecule has 1 N–H and O–H groups in total. The summed E-state index contributed by atoms with van der Waals surface area (Å²) in [6.07, 6.45) is 4.33. The Morgan fingerprint density at radius 3 is 2.78 bits per heavy atom. The number of aliphatic hydroxyl groups excluding tert-OH is 1. The lowest BCUT2D eigenvalue weighted by molar-refractivity contribution is 0.198. The van der Waals surface area contributed by atoms with Crippen LogP contribution in [0, 0.1) is 11.7 Å². The van der Waals surface area contributed by atoms with Crippen molar-refractivity contribution < 1.29 is 9.50 Å². The number of rotatable bonds is 3. The van der Waals surface area contributed by atoms with Gasteiger partial charge in [0.1, 0.15) is 5.82 Å². The Labute approximate surface area is 113 Å². The third kappa shape index (κ3) is 3.48. The highest BCUT2D eigenvalue weighted by atomic mass is 32.2. The third-order valence-electron chi connectivity index (χ3n) is 3.62. The maximum absolute atomic E-state index is 13.9. The molecule has 0 saturated heterocycles. The van der Waals surface area contributed by atoms with Crippen LogP contribution in [0.3, 0.4) is 0 Å². The largest absolute Gasteiger partial charge is 0.389 e. The quantitative estimate of drug-likeness (QED) is 0.868. The van der Waals surface area contributed by atoms with Crippen LogP contribution < -0.4 is 0 Å². The Morgan fingerprint density at radius 1 is 1.39 bits per heavy atom. The molecule has 3 unspecified atom stereocenters. The minimum Gasteiger partial charge on any atom is -0.389 e. The number of halogens is 1. The molecule has 0 amide bonds. The van der Waals surface area contributed by atoms with E-state index in [0.717, 1.165) is 10.8 Å². The summed E-state index contributed by atoms with van der Waals surface area (Å²) < 4.78 is 13.9. The normalized spacial score (nSPS) is 26.0. The fourth-order valence-corrected chi connectivity index (χ4v) is 3.92. The van der Waals surface area contributed by atoms with Gasteiger partial charge in [-0.25, -0.2) is 4.39 Å². The van der Waals surface area contributed by atoms with Crippen molar-refractivity contribution in [3.8, 4) is 0 Å². The van der Waals surface area contributed by atoms with Gasteiger partial charge < -0.3 is 5.11 Å². The SMILES string of the molecule is CC1CCCC(Sc2ccc(C(C)O)cc2F)C1. The molecule has 1 saturated carbocycles.